The van der Waals surface area contributed by atoms with Crippen LogP contribution in [0.15, 0.2) is 59.8 Å². The number of carbonyl (C=O) groups is 1. The van der Waals surface area contributed by atoms with E-state index in [0.29, 0.717) is 10.8 Å². The molecule has 0 saturated carbocycles. The van der Waals surface area contributed by atoms with Gasteiger partial charge in [-0.05, 0) is 43.3 Å². The highest BCUT2D eigenvalue weighted by Gasteiger charge is 2.13. The van der Waals surface area contributed by atoms with E-state index in [9.17, 15) is 9.18 Å². The number of benzene rings is 2. The van der Waals surface area contributed by atoms with Crippen LogP contribution in [-0.2, 0) is 4.79 Å². The average Bonchev–Trinajstić information content (AvgIpc) is 2.96. The highest BCUT2D eigenvalue weighted by molar-refractivity contribution is 7.99. The molecule has 3 rings (SSSR count). The van der Waals surface area contributed by atoms with Crippen molar-refractivity contribution in [3.05, 3.63) is 66.2 Å². The summed E-state index contributed by atoms with van der Waals surface area (Å²) in [6, 6.07) is 15.4. The van der Waals surface area contributed by atoms with Crippen LogP contribution in [0.4, 0.5) is 10.1 Å². The molecule has 1 N–H and O–H groups in total. The SMILES string of the molecule is Cc1nnc(SCC(=O)Nc2ccc(F)cc2)n1-c1ccccc1. The van der Waals surface area contributed by atoms with Crippen LogP contribution in [-0.4, -0.2) is 26.4 Å². The molecule has 3 aromatic rings. The summed E-state index contributed by atoms with van der Waals surface area (Å²) < 4.78 is 14.8. The Morgan fingerprint density at radius 3 is 2.54 bits per heavy atom. The summed E-state index contributed by atoms with van der Waals surface area (Å²) in [7, 11) is 0. The fraction of sp³-hybridized carbons (Fsp3) is 0.118. The van der Waals surface area contributed by atoms with Crippen molar-refractivity contribution in [2.45, 2.75) is 12.1 Å². The number of para-hydroxylation sites is 1. The number of hydrogen-bond acceptors (Lipinski definition) is 4. The van der Waals surface area contributed by atoms with Gasteiger partial charge in [0.15, 0.2) is 5.16 Å². The molecule has 0 unspecified atom stereocenters. The smallest absolute Gasteiger partial charge is 0.234 e. The largest absolute Gasteiger partial charge is 0.325 e. The van der Waals surface area contributed by atoms with Gasteiger partial charge in [0.05, 0.1) is 5.75 Å². The first-order chi connectivity index (χ1) is 11.6. The van der Waals surface area contributed by atoms with Gasteiger partial charge in [-0.1, -0.05) is 30.0 Å². The Morgan fingerprint density at radius 1 is 1.12 bits per heavy atom. The predicted octanol–water partition coefficient (Wildman–Crippen LogP) is 3.45. The standard InChI is InChI=1S/C17H15FN4OS/c1-12-20-21-17(22(12)15-5-3-2-4-6-15)24-11-16(23)19-14-9-7-13(18)8-10-14/h2-10H,11H2,1H3,(H,19,23). The van der Waals surface area contributed by atoms with Gasteiger partial charge < -0.3 is 5.32 Å². The van der Waals surface area contributed by atoms with Crippen molar-refractivity contribution in [1.82, 2.24) is 14.8 Å². The van der Waals surface area contributed by atoms with Gasteiger partial charge in [0, 0.05) is 11.4 Å². The third-order valence-electron chi connectivity index (χ3n) is 3.27. The molecule has 1 aromatic heterocycles. The molecule has 2 aromatic carbocycles. The number of thioether (sulfide) groups is 1. The third kappa shape index (κ3) is 3.80. The summed E-state index contributed by atoms with van der Waals surface area (Å²) >= 11 is 1.30. The molecule has 5 nitrogen and oxygen atoms in total. The molecule has 0 aliphatic rings. The number of aromatic nitrogens is 3. The van der Waals surface area contributed by atoms with Crippen molar-refractivity contribution in [3.63, 3.8) is 0 Å². The highest BCUT2D eigenvalue weighted by atomic mass is 32.2. The zero-order valence-electron chi connectivity index (χ0n) is 12.9. The summed E-state index contributed by atoms with van der Waals surface area (Å²) in [6.07, 6.45) is 0. The van der Waals surface area contributed by atoms with E-state index in [1.165, 1.54) is 36.0 Å². The zero-order valence-corrected chi connectivity index (χ0v) is 13.8. The quantitative estimate of drug-likeness (QED) is 0.722. The Hall–Kier alpha value is -2.67. The fourth-order valence-electron chi connectivity index (χ4n) is 2.17. The van der Waals surface area contributed by atoms with Crippen molar-refractivity contribution in [2.75, 3.05) is 11.1 Å². The lowest BCUT2D eigenvalue weighted by Gasteiger charge is -2.08. The number of halogens is 1. The number of carbonyl (C=O) groups excluding carboxylic acids is 1. The Balaban J connectivity index is 1.67. The van der Waals surface area contributed by atoms with Crippen molar-refractivity contribution in [3.8, 4) is 5.69 Å². The number of rotatable bonds is 5. The molecule has 0 atom stereocenters. The lowest BCUT2D eigenvalue weighted by Crippen LogP contribution is -2.14. The number of hydrogen-bond donors (Lipinski definition) is 1. The van der Waals surface area contributed by atoms with Crippen LogP contribution >= 0.6 is 11.8 Å². The molecule has 0 saturated heterocycles. The van der Waals surface area contributed by atoms with E-state index in [4.69, 9.17) is 0 Å². The van der Waals surface area contributed by atoms with Gasteiger partial charge in [-0.3, -0.25) is 9.36 Å². The topological polar surface area (TPSA) is 59.8 Å². The highest BCUT2D eigenvalue weighted by Crippen LogP contribution is 2.21. The minimum Gasteiger partial charge on any atom is -0.325 e. The summed E-state index contributed by atoms with van der Waals surface area (Å²) in [5.74, 6) is 0.408. The van der Waals surface area contributed by atoms with Gasteiger partial charge in [-0.15, -0.1) is 10.2 Å². The minimum absolute atomic E-state index is 0.183. The Kier molecular flexibility index (Phi) is 4.90. The van der Waals surface area contributed by atoms with Gasteiger partial charge in [-0.2, -0.15) is 0 Å². The normalized spacial score (nSPS) is 10.6. The molecule has 0 spiro atoms. The van der Waals surface area contributed by atoms with Crippen molar-refractivity contribution in [1.29, 1.82) is 0 Å². The monoisotopic (exact) mass is 342 g/mol. The van der Waals surface area contributed by atoms with E-state index in [2.05, 4.69) is 15.5 Å². The molecule has 1 amide bonds. The predicted molar refractivity (Wildman–Crippen MR) is 91.8 cm³/mol. The molecule has 0 radical (unpaired) electrons. The van der Waals surface area contributed by atoms with Gasteiger partial charge in [0.2, 0.25) is 5.91 Å². The van der Waals surface area contributed by atoms with Crippen molar-refractivity contribution >= 4 is 23.4 Å². The minimum atomic E-state index is -0.339. The number of amides is 1. The van der Waals surface area contributed by atoms with Crippen LogP contribution in [0.2, 0.25) is 0 Å². The van der Waals surface area contributed by atoms with Crippen LogP contribution in [0.1, 0.15) is 5.82 Å². The molecule has 0 aliphatic carbocycles. The van der Waals surface area contributed by atoms with E-state index >= 15 is 0 Å². The Morgan fingerprint density at radius 2 is 1.83 bits per heavy atom. The summed E-state index contributed by atoms with van der Waals surface area (Å²) in [6.45, 7) is 1.86. The van der Waals surface area contributed by atoms with Crippen LogP contribution < -0.4 is 5.32 Å². The van der Waals surface area contributed by atoms with Crippen molar-refractivity contribution in [2.24, 2.45) is 0 Å². The second kappa shape index (κ2) is 7.27. The average molecular weight is 342 g/mol. The molecular formula is C17H15FN4OS. The van der Waals surface area contributed by atoms with E-state index in [1.54, 1.807) is 0 Å². The van der Waals surface area contributed by atoms with E-state index < -0.39 is 0 Å². The van der Waals surface area contributed by atoms with E-state index in [-0.39, 0.29) is 17.5 Å². The molecule has 0 bridgehead atoms. The fourth-order valence-corrected chi connectivity index (χ4v) is 2.97. The van der Waals surface area contributed by atoms with Crippen LogP contribution in [0, 0.1) is 12.7 Å². The molecular weight excluding hydrogens is 327 g/mol. The second-order valence-corrected chi connectivity index (χ2v) is 5.99. The maximum atomic E-state index is 12.9. The zero-order chi connectivity index (χ0) is 16.9. The molecule has 1 heterocycles. The molecule has 0 fully saturated rings. The number of nitrogens with zero attached hydrogens (tertiary/aromatic N) is 3. The third-order valence-corrected chi connectivity index (χ3v) is 4.20. The lowest BCUT2D eigenvalue weighted by molar-refractivity contribution is -0.113. The number of nitrogens with one attached hydrogen (secondary N) is 1. The Labute approximate surface area is 142 Å². The maximum Gasteiger partial charge on any atom is 0.234 e. The Bertz CT molecular complexity index is 834. The van der Waals surface area contributed by atoms with Crippen LogP contribution in [0.5, 0.6) is 0 Å². The maximum absolute atomic E-state index is 12.9. The molecule has 0 aliphatic heterocycles. The number of aryl methyl sites for hydroxylation is 1. The first kappa shape index (κ1) is 16.2. The van der Waals surface area contributed by atoms with Crippen molar-refractivity contribution < 1.29 is 9.18 Å². The molecule has 122 valence electrons. The van der Waals surface area contributed by atoms with Gasteiger partial charge >= 0.3 is 0 Å². The lowest BCUT2D eigenvalue weighted by atomic mass is 10.3. The summed E-state index contributed by atoms with van der Waals surface area (Å²) in [5, 5.41) is 11.6. The van der Waals surface area contributed by atoms with Gasteiger partial charge in [-0.25, -0.2) is 4.39 Å². The first-order valence-electron chi connectivity index (χ1n) is 7.29. The van der Waals surface area contributed by atoms with E-state index in [0.717, 1.165) is 11.5 Å². The number of anilines is 1. The van der Waals surface area contributed by atoms with Crippen LogP contribution in [0.3, 0.4) is 0 Å². The second-order valence-electron chi connectivity index (χ2n) is 5.04. The molecule has 24 heavy (non-hydrogen) atoms. The van der Waals surface area contributed by atoms with Crippen LogP contribution in [0.25, 0.3) is 5.69 Å². The van der Waals surface area contributed by atoms with E-state index in [1.807, 2.05) is 41.8 Å². The summed E-state index contributed by atoms with van der Waals surface area (Å²) in [4.78, 5) is 12.0. The van der Waals surface area contributed by atoms with Gasteiger partial charge in [0.25, 0.3) is 0 Å². The van der Waals surface area contributed by atoms with Gasteiger partial charge in [0.1, 0.15) is 11.6 Å². The molecule has 7 heteroatoms. The first-order valence-corrected chi connectivity index (χ1v) is 8.28. The summed E-state index contributed by atoms with van der Waals surface area (Å²) in [5.41, 5.74) is 1.50.